The number of carbonyl (C=O) groups excluding carboxylic acids is 2. The van der Waals surface area contributed by atoms with Gasteiger partial charge in [0.1, 0.15) is 29.5 Å². The highest BCUT2D eigenvalue weighted by Crippen LogP contribution is 2.24. The van der Waals surface area contributed by atoms with Gasteiger partial charge in [0.2, 0.25) is 5.91 Å². The first kappa shape index (κ1) is 20.2. The van der Waals surface area contributed by atoms with Crippen molar-refractivity contribution in [3.8, 4) is 0 Å². The summed E-state index contributed by atoms with van der Waals surface area (Å²) < 4.78 is 15.2. The number of nitrogens with one attached hydrogen (secondary N) is 1. The summed E-state index contributed by atoms with van der Waals surface area (Å²) in [6.45, 7) is 3.18. The smallest absolute Gasteiger partial charge is 0.356 e. The summed E-state index contributed by atoms with van der Waals surface area (Å²) in [6, 6.07) is 3.31. The second kappa shape index (κ2) is 7.31. The van der Waals surface area contributed by atoms with Crippen LogP contribution in [0.5, 0.6) is 0 Å². The van der Waals surface area contributed by atoms with E-state index in [0.717, 1.165) is 22.8 Å². The van der Waals surface area contributed by atoms with Gasteiger partial charge in [-0.3, -0.25) is 14.4 Å². The van der Waals surface area contributed by atoms with Crippen LogP contribution in [-0.4, -0.2) is 53.0 Å². The zero-order valence-electron chi connectivity index (χ0n) is 16.5. The third-order valence-corrected chi connectivity index (χ3v) is 4.90. The standard InChI is InChI=1S/C19H17FN6O5/c1-9(2)24-7-11-16(18(24)29)25(8-14(27)22-13-4-3-10(20)6-21-13)15-5-12(19(30)31)23-26(15)17(11)28/h3-6,9H,7-8H2,1-2H3,(H,30,31)(H,21,22,27). The molecule has 0 fully saturated rings. The average Bonchev–Trinajstić information content (AvgIpc) is 3.30. The van der Waals surface area contributed by atoms with E-state index in [9.17, 15) is 28.7 Å². The minimum absolute atomic E-state index is 0.00486. The Hall–Kier alpha value is -4.09. The molecule has 1 aliphatic heterocycles. The summed E-state index contributed by atoms with van der Waals surface area (Å²) in [5.74, 6) is -2.89. The van der Waals surface area contributed by atoms with Gasteiger partial charge in [-0.2, -0.15) is 9.61 Å². The molecule has 0 saturated carbocycles. The van der Waals surface area contributed by atoms with Gasteiger partial charge in [0.25, 0.3) is 11.5 Å². The second-order valence-electron chi connectivity index (χ2n) is 7.26. The first-order chi connectivity index (χ1) is 14.7. The van der Waals surface area contributed by atoms with E-state index in [4.69, 9.17) is 0 Å². The molecule has 0 aromatic carbocycles. The lowest BCUT2D eigenvalue weighted by atomic mass is 10.2. The van der Waals surface area contributed by atoms with Crippen molar-refractivity contribution >= 4 is 29.2 Å². The maximum absolute atomic E-state index is 13.0. The average molecular weight is 428 g/mol. The molecule has 3 aromatic heterocycles. The van der Waals surface area contributed by atoms with E-state index in [0.29, 0.717) is 0 Å². The number of pyridine rings is 1. The number of hydrogen-bond acceptors (Lipinski definition) is 6. The largest absolute Gasteiger partial charge is 0.476 e. The van der Waals surface area contributed by atoms with Crippen molar-refractivity contribution in [2.24, 2.45) is 0 Å². The number of rotatable bonds is 5. The fraction of sp³-hybridized carbons (Fsp3) is 0.263. The molecule has 0 spiro atoms. The molecule has 31 heavy (non-hydrogen) atoms. The van der Waals surface area contributed by atoms with Crippen LogP contribution >= 0.6 is 0 Å². The Morgan fingerprint density at radius 1 is 1.29 bits per heavy atom. The van der Waals surface area contributed by atoms with E-state index in [1.54, 1.807) is 13.8 Å². The number of carbonyl (C=O) groups is 3. The van der Waals surface area contributed by atoms with Crippen LogP contribution in [0.25, 0.3) is 5.65 Å². The van der Waals surface area contributed by atoms with Crippen molar-refractivity contribution in [2.45, 2.75) is 33.0 Å². The highest BCUT2D eigenvalue weighted by atomic mass is 19.1. The summed E-state index contributed by atoms with van der Waals surface area (Å²) in [5, 5.41) is 15.6. The number of carboxylic acid groups (broad SMARTS) is 1. The Balaban J connectivity index is 1.82. The predicted octanol–water partition coefficient (Wildman–Crippen LogP) is 0.731. The lowest BCUT2D eigenvalue weighted by Gasteiger charge is -2.20. The molecule has 160 valence electrons. The molecule has 2 amide bonds. The van der Waals surface area contributed by atoms with Crippen molar-refractivity contribution in [3.63, 3.8) is 0 Å². The highest BCUT2D eigenvalue weighted by Gasteiger charge is 2.36. The lowest BCUT2D eigenvalue weighted by Crippen LogP contribution is -2.32. The quantitative estimate of drug-likeness (QED) is 0.611. The molecular formula is C19H17FN6O5. The summed E-state index contributed by atoms with van der Waals surface area (Å²) >= 11 is 0. The molecule has 12 heteroatoms. The van der Waals surface area contributed by atoms with Gasteiger partial charge in [-0.25, -0.2) is 14.2 Å². The van der Waals surface area contributed by atoms with Gasteiger partial charge in [-0.05, 0) is 26.0 Å². The van der Waals surface area contributed by atoms with Crippen LogP contribution in [0.3, 0.4) is 0 Å². The van der Waals surface area contributed by atoms with Gasteiger partial charge in [-0.15, -0.1) is 0 Å². The van der Waals surface area contributed by atoms with Crippen LogP contribution in [0, 0.1) is 5.82 Å². The molecule has 4 rings (SSSR count). The van der Waals surface area contributed by atoms with E-state index >= 15 is 0 Å². The van der Waals surface area contributed by atoms with E-state index in [2.05, 4.69) is 15.4 Å². The number of hydrogen-bond donors (Lipinski definition) is 2. The van der Waals surface area contributed by atoms with Crippen molar-refractivity contribution in [3.05, 3.63) is 57.5 Å². The Bertz CT molecular complexity index is 1290. The fourth-order valence-corrected chi connectivity index (χ4v) is 3.44. The van der Waals surface area contributed by atoms with Crippen LogP contribution in [0.15, 0.2) is 29.2 Å². The third-order valence-electron chi connectivity index (χ3n) is 4.90. The first-order valence-corrected chi connectivity index (χ1v) is 9.28. The van der Waals surface area contributed by atoms with Gasteiger partial charge < -0.3 is 19.9 Å². The molecule has 0 bridgehead atoms. The van der Waals surface area contributed by atoms with Crippen molar-refractivity contribution in [2.75, 3.05) is 5.32 Å². The predicted molar refractivity (Wildman–Crippen MR) is 104 cm³/mol. The molecule has 4 heterocycles. The SMILES string of the molecule is CC(C)N1Cc2c(n(CC(=O)Nc3ccc(F)cn3)c3cc(C(=O)O)nn3c2=O)C1=O. The molecule has 1 aliphatic rings. The number of aromatic carboxylic acids is 1. The summed E-state index contributed by atoms with van der Waals surface area (Å²) in [7, 11) is 0. The normalized spacial score (nSPS) is 13.2. The van der Waals surface area contributed by atoms with Gasteiger partial charge in [0.05, 0.1) is 18.3 Å². The van der Waals surface area contributed by atoms with E-state index < -0.39 is 41.4 Å². The zero-order chi connectivity index (χ0) is 22.4. The number of fused-ring (bicyclic) bond motifs is 2. The van der Waals surface area contributed by atoms with Crippen LogP contribution in [0.1, 0.15) is 40.4 Å². The van der Waals surface area contributed by atoms with Crippen LogP contribution < -0.4 is 10.9 Å². The molecule has 0 unspecified atom stereocenters. The number of aromatic nitrogens is 4. The number of anilines is 1. The number of halogens is 1. The molecule has 11 nitrogen and oxygen atoms in total. The van der Waals surface area contributed by atoms with Gasteiger partial charge in [0.15, 0.2) is 5.69 Å². The minimum Gasteiger partial charge on any atom is -0.476 e. The van der Waals surface area contributed by atoms with E-state index in [-0.39, 0.29) is 35.3 Å². The summed E-state index contributed by atoms with van der Waals surface area (Å²) in [6.07, 6.45) is 0.936. The number of amides is 2. The van der Waals surface area contributed by atoms with Gasteiger partial charge >= 0.3 is 5.97 Å². The molecule has 0 radical (unpaired) electrons. The Morgan fingerprint density at radius 3 is 2.65 bits per heavy atom. The maximum Gasteiger partial charge on any atom is 0.356 e. The number of nitrogens with zero attached hydrogens (tertiary/aromatic N) is 5. The van der Waals surface area contributed by atoms with E-state index in [1.165, 1.54) is 15.5 Å². The van der Waals surface area contributed by atoms with Gasteiger partial charge in [-0.1, -0.05) is 0 Å². The number of carboxylic acids is 1. The Morgan fingerprint density at radius 2 is 2.03 bits per heavy atom. The zero-order valence-corrected chi connectivity index (χ0v) is 16.5. The topological polar surface area (TPSA) is 139 Å². The molecule has 3 aromatic rings. The minimum atomic E-state index is -1.36. The Kier molecular flexibility index (Phi) is 4.76. The maximum atomic E-state index is 13.0. The molecule has 2 N–H and O–H groups in total. The van der Waals surface area contributed by atoms with Crippen LogP contribution in [0.2, 0.25) is 0 Å². The van der Waals surface area contributed by atoms with Crippen molar-refractivity contribution < 1.29 is 23.9 Å². The second-order valence-corrected chi connectivity index (χ2v) is 7.26. The summed E-state index contributed by atoms with van der Waals surface area (Å²) in [4.78, 5) is 55.1. The molecular weight excluding hydrogens is 411 g/mol. The fourth-order valence-electron chi connectivity index (χ4n) is 3.44. The third kappa shape index (κ3) is 3.41. The van der Waals surface area contributed by atoms with Crippen molar-refractivity contribution in [1.82, 2.24) is 24.1 Å². The first-order valence-electron chi connectivity index (χ1n) is 9.28. The molecule has 0 saturated heterocycles. The molecule has 0 atom stereocenters. The highest BCUT2D eigenvalue weighted by molar-refractivity contribution is 5.99. The van der Waals surface area contributed by atoms with E-state index in [1.807, 2.05) is 0 Å². The van der Waals surface area contributed by atoms with Crippen LogP contribution in [0.4, 0.5) is 10.2 Å². The Labute approximate surface area is 173 Å². The molecule has 0 aliphatic carbocycles. The van der Waals surface area contributed by atoms with Crippen LogP contribution in [-0.2, 0) is 17.9 Å². The monoisotopic (exact) mass is 428 g/mol. The lowest BCUT2D eigenvalue weighted by molar-refractivity contribution is -0.116. The van der Waals surface area contributed by atoms with Crippen molar-refractivity contribution in [1.29, 1.82) is 0 Å². The van der Waals surface area contributed by atoms with Gasteiger partial charge in [0, 0.05) is 12.1 Å². The summed E-state index contributed by atoms with van der Waals surface area (Å²) in [5.41, 5.74) is -0.902.